The number of nitrogens with zero attached hydrogens (tertiary/aromatic N) is 2. The van der Waals surface area contributed by atoms with Crippen molar-refractivity contribution < 1.29 is 9.90 Å². The van der Waals surface area contributed by atoms with E-state index in [1.54, 1.807) is 12.1 Å². The first-order valence-electron chi connectivity index (χ1n) is 6.65. The summed E-state index contributed by atoms with van der Waals surface area (Å²) in [6, 6.07) is 7.56. The quantitative estimate of drug-likeness (QED) is 0.895. The Labute approximate surface area is 120 Å². The predicted octanol–water partition coefficient (Wildman–Crippen LogP) is 1.17. The lowest BCUT2D eigenvalue weighted by Gasteiger charge is -2.09. The van der Waals surface area contributed by atoms with Gasteiger partial charge in [-0.25, -0.2) is 9.59 Å². The Morgan fingerprint density at radius 2 is 2.00 bits per heavy atom. The number of carbonyl (C=O) groups is 1. The monoisotopic (exact) mass is 288 g/mol. The first-order valence-corrected chi connectivity index (χ1v) is 6.65. The van der Waals surface area contributed by atoms with E-state index in [2.05, 4.69) is 0 Å². The van der Waals surface area contributed by atoms with Crippen LogP contribution in [0.3, 0.4) is 0 Å². The van der Waals surface area contributed by atoms with Crippen LogP contribution in [0.2, 0.25) is 0 Å². The Bertz CT molecular complexity index is 774. The molecule has 0 radical (unpaired) electrons. The molecule has 0 atom stereocenters. The van der Waals surface area contributed by atoms with Gasteiger partial charge in [0.1, 0.15) is 0 Å². The summed E-state index contributed by atoms with van der Waals surface area (Å²) in [5, 5.41) is 8.96. The molecule has 2 aromatic rings. The summed E-state index contributed by atoms with van der Waals surface area (Å²) >= 11 is 0. The van der Waals surface area contributed by atoms with Crippen molar-refractivity contribution in [3.63, 3.8) is 0 Å². The minimum Gasteiger partial charge on any atom is -0.478 e. The molecule has 0 amide bonds. The van der Waals surface area contributed by atoms with Crippen LogP contribution in [0.15, 0.2) is 46.1 Å². The third-order valence-electron chi connectivity index (χ3n) is 3.12. The zero-order chi connectivity index (χ0) is 15.4. The second-order valence-electron chi connectivity index (χ2n) is 4.72. The summed E-state index contributed by atoms with van der Waals surface area (Å²) in [4.78, 5) is 35.0. The highest BCUT2D eigenvalue weighted by molar-refractivity contribution is 5.87. The number of hydrogen-bond donors (Lipinski definition) is 1. The van der Waals surface area contributed by atoms with Crippen LogP contribution in [0.5, 0.6) is 0 Å². The predicted molar refractivity (Wildman–Crippen MR) is 77.8 cm³/mol. The van der Waals surface area contributed by atoms with Crippen LogP contribution in [-0.2, 0) is 13.1 Å². The lowest BCUT2D eigenvalue weighted by atomic mass is 10.1. The van der Waals surface area contributed by atoms with Crippen LogP contribution < -0.4 is 11.2 Å². The zero-order valence-corrected chi connectivity index (χ0v) is 11.7. The highest BCUT2D eigenvalue weighted by Gasteiger charge is 2.08. The Hall–Kier alpha value is -2.63. The zero-order valence-electron chi connectivity index (χ0n) is 11.7. The first-order chi connectivity index (χ1) is 10.0. The third kappa shape index (κ3) is 3.28. The van der Waals surface area contributed by atoms with Gasteiger partial charge in [-0.15, -0.1) is 0 Å². The number of aromatic carboxylic acids is 1. The molecule has 0 aliphatic rings. The van der Waals surface area contributed by atoms with Crippen LogP contribution in [0.25, 0.3) is 0 Å². The van der Waals surface area contributed by atoms with Crippen molar-refractivity contribution in [1.29, 1.82) is 0 Å². The molecule has 0 aliphatic heterocycles. The fraction of sp³-hybridized carbons (Fsp3) is 0.267. The molecular weight excluding hydrogens is 272 g/mol. The minimum absolute atomic E-state index is 0.0589. The maximum Gasteiger partial charge on any atom is 0.335 e. The van der Waals surface area contributed by atoms with Crippen LogP contribution in [0, 0.1) is 0 Å². The van der Waals surface area contributed by atoms with Crippen molar-refractivity contribution >= 4 is 5.97 Å². The van der Waals surface area contributed by atoms with Gasteiger partial charge in [-0.05, 0) is 24.1 Å². The molecule has 2 rings (SSSR count). The average molecular weight is 288 g/mol. The second-order valence-corrected chi connectivity index (χ2v) is 4.72. The van der Waals surface area contributed by atoms with Crippen LogP contribution >= 0.6 is 0 Å². The maximum absolute atomic E-state index is 12.2. The Morgan fingerprint density at radius 3 is 2.67 bits per heavy atom. The number of benzene rings is 1. The number of aryl methyl sites for hydroxylation is 1. The molecule has 1 aromatic carbocycles. The van der Waals surface area contributed by atoms with E-state index < -0.39 is 11.5 Å². The van der Waals surface area contributed by atoms with Crippen LogP contribution in [0.4, 0.5) is 0 Å². The number of carboxylic acid groups (broad SMARTS) is 1. The van der Waals surface area contributed by atoms with Gasteiger partial charge < -0.3 is 9.67 Å². The SMILES string of the molecule is CCCn1ccc(=O)n(Cc2cccc(C(=O)O)c2)c1=O. The molecule has 1 N–H and O–H groups in total. The van der Waals surface area contributed by atoms with Crippen molar-refractivity contribution in [2.75, 3.05) is 0 Å². The van der Waals surface area contributed by atoms with Crippen molar-refractivity contribution in [3.05, 3.63) is 68.5 Å². The topological polar surface area (TPSA) is 81.3 Å². The van der Waals surface area contributed by atoms with Crippen LogP contribution in [0.1, 0.15) is 29.3 Å². The summed E-state index contributed by atoms with van der Waals surface area (Å²) < 4.78 is 2.58. The standard InChI is InChI=1S/C15H16N2O4/c1-2-7-16-8-6-13(18)17(15(16)21)10-11-4-3-5-12(9-11)14(19)20/h3-6,8-9H,2,7,10H2,1H3,(H,19,20). The Morgan fingerprint density at radius 1 is 1.24 bits per heavy atom. The van der Waals surface area contributed by atoms with Gasteiger partial charge in [0.2, 0.25) is 0 Å². The maximum atomic E-state index is 12.2. The van der Waals surface area contributed by atoms with E-state index in [4.69, 9.17) is 5.11 Å². The highest BCUT2D eigenvalue weighted by Crippen LogP contribution is 2.05. The summed E-state index contributed by atoms with van der Waals surface area (Å²) in [5.74, 6) is -1.04. The number of hydrogen-bond acceptors (Lipinski definition) is 3. The van der Waals surface area contributed by atoms with E-state index in [9.17, 15) is 14.4 Å². The second kappa shape index (κ2) is 6.21. The normalized spacial score (nSPS) is 10.5. The molecule has 110 valence electrons. The third-order valence-corrected chi connectivity index (χ3v) is 3.12. The summed E-state index contributed by atoms with van der Waals surface area (Å²) in [5.41, 5.74) is -0.0492. The van der Waals surface area contributed by atoms with E-state index >= 15 is 0 Å². The largest absolute Gasteiger partial charge is 0.478 e. The lowest BCUT2D eigenvalue weighted by molar-refractivity contribution is 0.0696. The molecule has 1 heterocycles. The Kier molecular flexibility index (Phi) is 4.37. The molecule has 0 saturated carbocycles. The van der Waals surface area contributed by atoms with Gasteiger partial charge in [0.15, 0.2) is 0 Å². The lowest BCUT2D eigenvalue weighted by Crippen LogP contribution is -2.39. The van der Waals surface area contributed by atoms with Gasteiger partial charge in [0.05, 0.1) is 12.1 Å². The fourth-order valence-electron chi connectivity index (χ4n) is 2.10. The minimum atomic E-state index is -1.04. The smallest absolute Gasteiger partial charge is 0.335 e. The van der Waals surface area contributed by atoms with Gasteiger partial charge in [-0.3, -0.25) is 9.36 Å². The number of carboxylic acids is 1. The van der Waals surface area contributed by atoms with Crippen molar-refractivity contribution in [2.45, 2.75) is 26.4 Å². The molecule has 6 heteroatoms. The molecule has 6 nitrogen and oxygen atoms in total. The van der Waals surface area contributed by atoms with Gasteiger partial charge in [-0.1, -0.05) is 19.1 Å². The molecule has 0 bridgehead atoms. The molecular formula is C15H16N2O4. The van der Waals surface area contributed by atoms with Crippen molar-refractivity contribution in [1.82, 2.24) is 9.13 Å². The summed E-state index contributed by atoms with van der Waals surface area (Å²) in [6.45, 7) is 2.54. The first kappa shape index (κ1) is 14.8. The van der Waals surface area contributed by atoms with E-state index in [0.717, 1.165) is 11.0 Å². The fourth-order valence-corrected chi connectivity index (χ4v) is 2.10. The van der Waals surface area contributed by atoms with Crippen LogP contribution in [-0.4, -0.2) is 20.2 Å². The molecule has 1 aromatic heterocycles. The van der Waals surface area contributed by atoms with Gasteiger partial charge in [0, 0.05) is 18.8 Å². The van der Waals surface area contributed by atoms with E-state index in [-0.39, 0.29) is 17.8 Å². The molecule has 0 saturated heterocycles. The van der Waals surface area contributed by atoms with E-state index in [1.165, 1.54) is 29.0 Å². The molecule has 0 fully saturated rings. The van der Waals surface area contributed by atoms with Crippen molar-refractivity contribution in [2.24, 2.45) is 0 Å². The molecule has 21 heavy (non-hydrogen) atoms. The average Bonchev–Trinajstić information content (AvgIpc) is 2.47. The number of aromatic nitrogens is 2. The van der Waals surface area contributed by atoms with Crippen molar-refractivity contribution in [3.8, 4) is 0 Å². The molecule has 0 aliphatic carbocycles. The Balaban J connectivity index is 2.42. The van der Waals surface area contributed by atoms with E-state index in [0.29, 0.717) is 12.1 Å². The summed E-state index contributed by atoms with van der Waals surface area (Å²) in [6.07, 6.45) is 2.27. The van der Waals surface area contributed by atoms with E-state index in [1.807, 2.05) is 6.92 Å². The molecule has 0 spiro atoms. The summed E-state index contributed by atoms with van der Waals surface area (Å²) in [7, 11) is 0. The van der Waals surface area contributed by atoms with Gasteiger partial charge in [0.25, 0.3) is 5.56 Å². The number of rotatable bonds is 5. The highest BCUT2D eigenvalue weighted by atomic mass is 16.4. The van der Waals surface area contributed by atoms with Gasteiger partial charge in [-0.2, -0.15) is 0 Å². The van der Waals surface area contributed by atoms with Gasteiger partial charge >= 0.3 is 11.7 Å². The molecule has 0 unspecified atom stereocenters.